The Balaban J connectivity index is 2.10. The minimum Gasteiger partial charge on any atom is -0.348 e. The van der Waals surface area contributed by atoms with E-state index < -0.39 is 17.8 Å². The number of carbonyl (C=O) groups is 1. The molecule has 100 valence electrons. The quantitative estimate of drug-likeness (QED) is 0.833. The van der Waals surface area contributed by atoms with Crippen molar-refractivity contribution in [1.82, 2.24) is 10.3 Å². The van der Waals surface area contributed by atoms with Crippen LogP contribution in [0.3, 0.4) is 0 Å². The number of rotatable bonds is 2. The second-order valence-corrected chi connectivity index (χ2v) is 4.60. The van der Waals surface area contributed by atoms with Gasteiger partial charge in [0.2, 0.25) is 11.9 Å². The van der Waals surface area contributed by atoms with Gasteiger partial charge < -0.3 is 5.32 Å². The summed E-state index contributed by atoms with van der Waals surface area (Å²) < 4.78 is 25.9. The lowest BCUT2D eigenvalue weighted by Crippen LogP contribution is -2.41. The number of aromatic nitrogens is 1. The Morgan fingerprint density at radius 2 is 1.95 bits per heavy atom. The number of carbonyl (C=O) groups excluding carboxylic acids is 1. The van der Waals surface area contributed by atoms with E-state index in [1.54, 1.807) is 0 Å². The van der Waals surface area contributed by atoms with Crippen molar-refractivity contribution in [2.24, 2.45) is 5.92 Å². The summed E-state index contributed by atoms with van der Waals surface area (Å²) in [4.78, 5) is 14.8. The first kappa shape index (κ1) is 13.4. The van der Waals surface area contributed by atoms with Crippen molar-refractivity contribution >= 4 is 5.91 Å². The Bertz CT molecular complexity index is 507. The largest absolute Gasteiger partial charge is 0.348 e. The maximum absolute atomic E-state index is 12.9. The van der Waals surface area contributed by atoms with Crippen LogP contribution in [0.2, 0.25) is 0 Å². The Hall–Kier alpha value is -2.03. The first-order valence-corrected chi connectivity index (χ1v) is 6.13. The van der Waals surface area contributed by atoms with Gasteiger partial charge >= 0.3 is 0 Å². The highest BCUT2D eigenvalue weighted by molar-refractivity contribution is 5.94. The van der Waals surface area contributed by atoms with Gasteiger partial charge in [-0.3, -0.25) is 4.79 Å². The molecular formula is C13H13F2N3O. The standard InChI is InChI=1S/C13H13F2N3O/c14-11-5-9(6-12(15)18-11)13(19)17-10-4-2-1-3-8(10)7-16/h5-6,8,10H,1-4H2,(H,17,19). The molecule has 1 aliphatic carbocycles. The minimum atomic E-state index is -1.04. The predicted molar refractivity (Wildman–Crippen MR) is 63.0 cm³/mol. The third kappa shape index (κ3) is 3.25. The summed E-state index contributed by atoms with van der Waals surface area (Å²) in [6.45, 7) is 0. The molecule has 1 aliphatic rings. The average molecular weight is 265 g/mol. The third-order valence-corrected chi connectivity index (χ3v) is 3.27. The summed E-state index contributed by atoms with van der Waals surface area (Å²) in [5.74, 6) is -2.89. The monoisotopic (exact) mass is 265 g/mol. The SMILES string of the molecule is N#CC1CCCCC1NC(=O)c1cc(F)nc(F)c1. The van der Waals surface area contributed by atoms with Crippen molar-refractivity contribution in [2.75, 3.05) is 0 Å². The first-order chi connectivity index (χ1) is 9.10. The van der Waals surface area contributed by atoms with Crippen LogP contribution in [0.25, 0.3) is 0 Å². The van der Waals surface area contributed by atoms with Crippen molar-refractivity contribution in [3.05, 3.63) is 29.6 Å². The Morgan fingerprint density at radius 1 is 1.32 bits per heavy atom. The fraction of sp³-hybridized carbons (Fsp3) is 0.462. The van der Waals surface area contributed by atoms with Crippen molar-refractivity contribution in [2.45, 2.75) is 31.7 Å². The second-order valence-electron chi connectivity index (χ2n) is 4.60. The van der Waals surface area contributed by atoms with Gasteiger partial charge in [-0.25, -0.2) is 0 Å². The Labute approximate surface area is 109 Å². The molecule has 0 bridgehead atoms. The van der Waals surface area contributed by atoms with Crippen LogP contribution >= 0.6 is 0 Å². The molecule has 6 heteroatoms. The maximum Gasteiger partial charge on any atom is 0.251 e. The molecule has 1 amide bonds. The summed E-state index contributed by atoms with van der Waals surface area (Å²) >= 11 is 0. The predicted octanol–water partition coefficient (Wildman–Crippen LogP) is 2.17. The van der Waals surface area contributed by atoms with Crippen molar-refractivity contribution in [1.29, 1.82) is 5.26 Å². The number of nitriles is 1. The lowest BCUT2D eigenvalue weighted by Gasteiger charge is -2.27. The van der Waals surface area contributed by atoms with Crippen molar-refractivity contribution < 1.29 is 13.6 Å². The zero-order valence-electron chi connectivity index (χ0n) is 10.2. The fourth-order valence-corrected chi connectivity index (χ4v) is 2.31. The fourth-order valence-electron chi connectivity index (χ4n) is 2.31. The number of amides is 1. The number of halogens is 2. The number of pyridine rings is 1. The van der Waals surface area contributed by atoms with E-state index in [0.717, 1.165) is 31.4 Å². The van der Waals surface area contributed by atoms with Gasteiger partial charge in [-0.1, -0.05) is 12.8 Å². The topological polar surface area (TPSA) is 65.8 Å². The number of nitrogens with one attached hydrogen (secondary N) is 1. The van der Waals surface area contributed by atoms with Gasteiger partial charge in [0, 0.05) is 23.7 Å². The summed E-state index contributed by atoms with van der Waals surface area (Å²) in [5, 5.41) is 11.7. The molecule has 2 rings (SSSR count). The van der Waals surface area contributed by atoms with Gasteiger partial charge in [0.1, 0.15) is 0 Å². The molecule has 0 saturated heterocycles. The highest BCUT2D eigenvalue weighted by atomic mass is 19.1. The Kier molecular flexibility index (Phi) is 4.05. The molecule has 0 aromatic carbocycles. The Morgan fingerprint density at radius 3 is 2.58 bits per heavy atom. The summed E-state index contributed by atoms with van der Waals surface area (Å²) in [5.41, 5.74) is -0.118. The summed E-state index contributed by atoms with van der Waals surface area (Å²) in [6, 6.07) is 3.65. The van der Waals surface area contributed by atoms with Crippen LogP contribution in [0.15, 0.2) is 12.1 Å². The lowest BCUT2D eigenvalue weighted by molar-refractivity contribution is 0.0916. The average Bonchev–Trinajstić information content (AvgIpc) is 2.38. The van der Waals surface area contributed by atoms with Crippen LogP contribution in [0.5, 0.6) is 0 Å². The molecule has 0 aliphatic heterocycles. The zero-order chi connectivity index (χ0) is 13.8. The molecule has 2 unspecified atom stereocenters. The number of hydrogen-bond donors (Lipinski definition) is 1. The molecule has 1 aromatic heterocycles. The number of hydrogen-bond acceptors (Lipinski definition) is 3. The molecule has 0 spiro atoms. The third-order valence-electron chi connectivity index (χ3n) is 3.27. The van der Waals surface area contributed by atoms with Crippen LogP contribution < -0.4 is 5.32 Å². The van der Waals surface area contributed by atoms with E-state index in [4.69, 9.17) is 5.26 Å². The summed E-state index contributed by atoms with van der Waals surface area (Å²) in [6.07, 6.45) is 3.34. The zero-order valence-corrected chi connectivity index (χ0v) is 10.2. The van der Waals surface area contributed by atoms with Gasteiger partial charge in [0.15, 0.2) is 0 Å². The summed E-state index contributed by atoms with van der Waals surface area (Å²) in [7, 11) is 0. The van der Waals surface area contributed by atoms with Gasteiger partial charge in [0.05, 0.1) is 12.0 Å². The first-order valence-electron chi connectivity index (χ1n) is 6.13. The van der Waals surface area contributed by atoms with Crippen LogP contribution in [0, 0.1) is 29.1 Å². The highest BCUT2D eigenvalue weighted by Gasteiger charge is 2.26. The molecule has 4 nitrogen and oxygen atoms in total. The maximum atomic E-state index is 12.9. The van der Waals surface area contributed by atoms with Crippen LogP contribution in [0.1, 0.15) is 36.0 Å². The van der Waals surface area contributed by atoms with Crippen molar-refractivity contribution in [3.63, 3.8) is 0 Å². The van der Waals surface area contributed by atoms with Crippen LogP contribution in [-0.4, -0.2) is 16.9 Å². The van der Waals surface area contributed by atoms with Crippen LogP contribution in [0.4, 0.5) is 8.78 Å². The number of nitrogens with zero attached hydrogens (tertiary/aromatic N) is 2. The van der Waals surface area contributed by atoms with Gasteiger partial charge in [-0.15, -0.1) is 0 Å². The molecule has 1 fully saturated rings. The van der Waals surface area contributed by atoms with E-state index in [-0.39, 0.29) is 17.5 Å². The second kappa shape index (κ2) is 5.74. The van der Waals surface area contributed by atoms with E-state index in [1.165, 1.54) is 0 Å². The van der Waals surface area contributed by atoms with E-state index in [0.29, 0.717) is 6.42 Å². The molecule has 1 heterocycles. The minimum absolute atomic E-state index is 0.118. The molecular weight excluding hydrogens is 252 g/mol. The molecule has 2 atom stereocenters. The van der Waals surface area contributed by atoms with Gasteiger partial charge in [0.25, 0.3) is 5.91 Å². The normalized spacial score (nSPS) is 22.6. The van der Waals surface area contributed by atoms with E-state index in [9.17, 15) is 13.6 Å². The van der Waals surface area contributed by atoms with E-state index in [1.807, 2.05) is 0 Å². The van der Waals surface area contributed by atoms with Gasteiger partial charge in [-0.2, -0.15) is 19.0 Å². The molecule has 19 heavy (non-hydrogen) atoms. The molecule has 0 radical (unpaired) electrons. The van der Waals surface area contributed by atoms with Crippen LogP contribution in [-0.2, 0) is 0 Å². The van der Waals surface area contributed by atoms with Gasteiger partial charge in [-0.05, 0) is 12.8 Å². The van der Waals surface area contributed by atoms with E-state index >= 15 is 0 Å². The molecule has 1 N–H and O–H groups in total. The van der Waals surface area contributed by atoms with Crippen molar-refractivity contribution in [3.8, 4) is 6.07 Å². The highest BCUT2D eigenvalue weighted by Crippen LogP contribution is 2.24. The molecule has 1 aromatic rings. The smallest absolute Gasteiger partial charge is 0.251 e. The van der Waals surface area contributed by atoms with E-state index in [2.05, 4.69) is 16.4 Å². The lowest BCUT2D eigenvalue weighted by atomic mass is 9.85. The molecule has 1 saturated carbocycles.